The fraction of sp³-hybridized carbons (Fsp3) is 0.571. The third-order valence-electron chi connectivity index (χ3n) is 3.51. The first-order valence-electron chi connectivity index (χ1n) is 6.90. The summed E-state index contributed by atoms with van der Waals surface area (Å²) >= 11 is 1.40. The van der Waals surface area contributed by atoms with Gasteiger partial charge >= 0.3 is 0 Å². The molecular weight excluding hydrogens is 276 g/mol. The maximum atomic E-state index is 11.6. The summed E-state index contributed by atoms with van der Waals surface area (Å²) in [5.74, 6) is -0.167. The molecule has 0 atom stereocenters. The molecule has 6 heteroatoms. The number of hydrogen-bond acceptors (Lipinski definition) is 4. The van der Waals surface area contributed by atoms with E-state index in [4.69, 9.17) is 0 Å². The maximum Gasteiger partial charge on any atom is 0.261 e. The zero-order chi connectivity index (χ0) is 14.4. The van der Waals surface area contributed by atoms with Crippen LogP contribution in [0.5, 0.6) is 0 Å². The monoisotopic (exact) mass is 296 g/mol. The predicted molar refractivity (Wildman–Crippen MR) is 77.7 cm³/mol. The fourth-order valence-corrected chi connectivity index (χ4v) is 2.70. The van der Waals surface area contributed by atoms with Gasteiger partial charge in [-0.25, -0.2) is 0 Å². The SMILES string of the molecule is O=C(CCCNC(=O)c1cccs1)NCC1(O)CCC1. The van der Waals surface area contributed by atoms with Crippen LogP contribution in [-0.2, 0) is 4.79 Å². The summed E-state index contributed by atoms with van der Waals surface area (Å²) in [6.45, 7) is 0.821. The molecule has 1 saturated carbocycles. The molecule has 1 aliphatic rings. The minimum atomic E-state index is -0.678. The second kappa shape index (κ2) is 6.85. The lowest BCUT2D eigenvalue weighted by Gasteiger charge is -2.36. The Morgan fingerprint density at radius 2 is 2.15 bits per heavy atom. The summed E-state index contributed by atoms with van der Waals surface area (Å²) < 4.78 is 0. The van der Waals surface area contributed by atoms with Crippen LogP contribution in [0.3, 0.4) is 0 Å². The van der Waals surface area contributed by atoms with Crippen LogP contribution in [0.15, 0.2) is 17.5 Å². The van der Waals surface area contributed by atoms with Gasteiger partial charge in [0.25, 0.3) is 5.91 Å². The summed E-state index contributed by atoms with van der Waals surface area (Å²) in [6.07, 6.45) is 3.53. The second-order valence-corrected chi connectivity index (χ2v) is 6.14. The maximum absolute atomic E-state index is 11.6. The Balaban J connectivity index is 1.54. The highest BCUT2D eigenvalue weighted by molar-refractivity contribution is 7.12. The molecule has 0 aliphatic heterocycles. The normalized spacial score (nSPS) is 16.2. The van der Waals surface area contributed by atoms with Crippen molar-refractivity contribution in [3.63, 3.8) is 0 Å². The molecule has 0 radical (unpaired) electrons. The van der Waals surface area contributed by atoms with Crippen LogP contribution in [0.4, 0.5) is 0 Å². The summed E-state index contributed by atoms with van der Waals surface area (Å²) in [5, 5.41) is 17.2. The average molecular weight is 296 g/mol. The van der Waals surface area contributed by atoms with Gasteiger partial charge in [-0.15, -0.1) is 11.3 Å². The lowest BCUT2D eigenvalue weighted by molar-refractivity contribution is -0.123. The van der Waals surface area contributed by atoms with Crippen LogP contribution >= 0.6 is 11.3 Å². The van der Waals surface area contributed by atoms with E-state index in [1.54, 1.807) is 6.07 Å². The van der Waals surface area contributed by atoms with Crippen molar-refractivity contribution < 1.29 is 14.7 Å². The zero-order valence-electron chi connectivity index (χ0n) is 11.4. The van der Waals surface area contributed by atoms with Crippen molar-refractivity contribution in [1.82, 2.24) is 10.6 Å². The number of nitrogens with one attached hydrogen (secondary N) is 2. The van der Waals surface area contributed by atoms with Gasteiger partial charge in [-0.05, 0) is 37.1 Å². The summed E-state index contributed by atoms with van der Waals surface area (Å²) in [5.41, 5.74) is -0.678. The van der Waals surface area contributed by atoms with Crippen LogP contribution in [-0.4, -0.2) is 35.6 Å². The van der Waals surface area contributed by atoms with Crippen molar-refractivity contribution in [2.75, 3.05) is 13.1 Å². The molecular formula is C14H20N2O3S. The van der Waals surface area contributed by atoms with E-state index in [0.717, 1.165) is 19.3 Å². The van der Waals surface area contributed by atoms with E-state index in [1.165, 1.54) is 11.3 Å². The first-order chi connectivity index (χ1) is 9.59. The third kappa shape index (κ3) is 4.31. The van der Waals surface area contributed by atoms with Crippen molar-refractivity contribution in [3.8, 4) is 0 Å². The molecule has 1 fully saturated rings. The van der Waals surface area contributed by atoms with Gasteiger partial charge < -0.3 is 15.7 Å². The van der Waals surface area contributed by atoms with Crippen molar-refractivity contribution in [3.05, 3.63) is 22.4 Å². The van der Waals surface area contributed by atoms with E-state index in [9.17, 15) is 14.7 Å². The number of rotatable bonds is 7. The number of carbonyl (C=O) groups is 2. The Kier molecular flexibility index (Phi) is 5.14. The topological polar surface area (TPSA) is 78.4 Å². The molecule has 0 bridgehead atoms. The lowest BCUT2D eigenvalue weighted by atomic mass is 9.80. The van der Waals surface area contributed by atoms with Gasteiger partial charge in [-0.3, -0.25) is 9.59 Å². The van der Waals surface area contributed by atoms with Gasteiger partial charge in [0.05, 0.1) is 10.5 Å². The zero-order valence-corrected chi connectivity index (χ0v) is 12.2. The van der Waals surface area contributed by atoms with E-state index in [-0.39, 0.29) is 11.8 Å². The molecule has 2 amide bonds. The third-order valence-corrected chi connectivity index (χ3v) is 4.38. The van der Waals surface area contributed by atoms with Crippen LogP contribution in [0.1, 0.15) is 41.8 Å². The minimum absolute atomic E-state index is 0.0734. The van der Waals surface area contributed by atoms with E-state index in [2.05, 4.69) is 10.6 Å². The standard InChI is InChI=1S/C14H20N2O3S/c17-12(16-10-14(19)6-3-7-14)5-1-8-15-13(18)11-4-2-9-20-11/h2,4,9,19H,1,3,5-8,10H2,(H,15,18)(H,16,17). The quantitative estimate of drug-likeness (QED) is 0.663. The molecule has 0 aromatic carbocycles. The van der Waals surface area contributed by atoms with Crippen LogP contribution < -0.4 is 10.6 Å². The molecule has 0 unspecified atom stereocenters. The molecule has 1 aliphatic carbocycles. The molecule has 3 N–H and O–H groups in total. The number of hydrogen-bond donors (Lipinski definition) is 3. The van der Waals surface area contributed by atoms with Gasteiger partial charge in [-0.1, -0.05) is 6.07 Å². The average Bonchev–Trinajstić information content (AvgIpc) is 2.93. The van der Waals surface area contributed by atoms with Gasteiger partial charge in [-0.2, -0.15) is 0 Å². The highest BCUT2D eigenvalue weighted by Crippen LogP contribution is 2.30. The Bertz CT molecular complexity index is 455. The Morgan fingerprint density at radius 1 is 1.35 bits per heavy atom. The second-order valence-electron chi connectivity index (χ2n) is 5.19. The summed E-state index contributed by atoms with van der Waals surface area (Å²) in [4.78, 5) is 23.9. The van der Waals surface area contributed by atoms with E-state index < -0.39 is 5.60 Å². The van der Waals surface area contributed by atoms with Crippen molar-refractivity contribution in [1.29, 1.82) is 0 Å². The Morgan fingerprint density at radius 3 is 2.75 bits per heavy atom. The highest BCUT2D eigenvalue weighted by atomic mass is 32.1. The minimum Gasteiger partial charge on any atom is -0.388 e. The fourth-order valence-electron chi connectivity index (χ4n) is 2.06. The van der Waals surface area contributed by atoms with Crippen LogP contribution in [0.25, 0.3) is 0 Å². The Labute approximate surface area is 122 Å². The van der Waals surface area contributed by atoms with Gasteiger partial charge in [0.15, 0.2) is 0 Å². The number of carbonyl (C=O) groups excluding carboxylic acids is 2. The molecule has 0 spiro atoms. The molecule has 0 saturated heterocycles. The van der Waals surface area contributed by atoms with Crippen molar-refractivity contribution in [2.24, 2.45) is 0 Å². The van der Waals surface area contributed by atoms with Gasteiger partial charge in [0.1, 0.15) is 0 Å². The predicted octanol–water partition coefficient (Wildman–Crippen LogP) is 1.29. The Hall–Kier alpha value is -1.40. The van der Waals surface area contributed by atoms with Crippen LogP contribution in [0, 0.1) is 0 Å². The van der Waals surface area contributed by atoms with E-state index in [1.807, 2.05) is 11.4 Å². The first-order valence-corrected chi connectivity index (χ1v) is 7.78. The largest absolute Gasteiger partial charge is 0.388 e. The van der Waals surface area contributed by atoms with Gasteiger partial charge in [0, 0.05) is 19.5 Å². The molecule has 1 heterocycles. The molecule has 1 aromatic rings. The molecule has 110 valence electrons. The molecule has 1 aromatic heterocycles. The molecule has 20 heavy (non-hydrogen) atoms. The number of amides is 2. The smallest absolute Gasteiger partial charge is 0.261 e. The lowest BCUT2D eigenvalue weighted by Crippen LogP contribution is -2.47. The van der Waals surface area contributed by atoms with Crippen molar-refractivity contribution >= 4 is 23.2 Å². The molecule has 2 rings (SSSR count). The van der Waals surface area contributed by atoms with E-state index >= 15 is 0 Å². The summed E-state index contributed by atoms with van der Waals surface area (Å²) in [6, 6.07) is 3.60. The number of aliphatic hydroxyl groups is 1. The first kappa shape index (κ1) is 15.0. The highest BCUT2D eigenvalue weighted by Gasteiger charge is 2.34. The van der Waals surface area contributed by atoms with Crippen LogP contribution in [0.2, 0.25) is 0 Å². The van der Waals surface area contributed by atoms with E-state index in [0.29, 0.717) is 30.8 Å². The van der Waals surface area contributed by atoms with Gasteiger partial charge in [0.2, 0.25) is 5.91 Å². The van der Waals surface area contributed by atoms with Crippen molar-refractivity contribution in [2.45, 2.75) is 37.7 Å². The number of thiophene rings is 1. The summed E-state index contributed by atoms with van der Waals surface area (Å²) in [7, 11) is 0. The molecule has 5 nitrogen and oxygen atoms in total.